The third-order valence-corrected chi connectivity index (χ3v) is 1.63. The van der Waals surface area contributed by atoms with Crippen molar-refractivity contribution >= 4 is 0 Å². The number of hydrogen-bond acceptors (Lipinski definition) is 0. The molecule has 0 nitrogen and oxygen atoms in total. The fourth-order valence-electron chi connectivity index (χ4n) is 0.302. The van der Waals surface area contributed by atoms with E-state index in [1.165, 1.54) is 12.0 Å². The summed E-state index contributed by atoms with van der Waals surface area (Å²) in [4.78, 5) is 0. The zero-order chi connectivity index (χ0) is 18.9. The summed E-state index contributed by atoms with van der Waals surface area (Å²) in [5, 5.41) is 0. The first-order valence-corrected chi connectivity index (χ1v) is 7.85. The number of hydrogen-bond donors (Lipinski definition) is 0. The second-order valence-electron chi connectivity index (χ2n) is 3.76. The second kappa shape index (κ2) is 51.2. The van der Waals surface area contributed by atoms with Gasteiger partial charge in [0.1, 0.15) is 0 Å². The topological polar surface area (TPSA) is 0 Å². The van der Waals surface area contributed by atoms with Crippen LogP contribution in [-0.2, 0) is 0 Å². The SMILES string of the molecule is C=C.C=C.C=C(C)C(=C)CC.C=C(C)CC.CC.CCC. The van der Waals surface area contributed by atoms with Gasteiger partial charge in [-0.15, -0.1) is 32.9 Å². The van der Waals surface area contributed by atoms with E-state index >= 15 is 0 Å². The van der Waals surface area contributed by atoms with Crippen LogP contribution in [0, 0.1) is 0 Å². The number of rotatable bonds is 3. The molecule has 0 amide bonds. The molecule has 128 valence electrons. The standard InChI is InChI=1S/C7H12.C5H10.C3H8.C2H6.2C2H4/c1-5-7(4)6(2)3;1-4-5(2)3;1-3-2;3*1-2/h2,4-5H2,1,3H3;2,4H2,1,3H3;3H2,1-2H3;1-2H3;2*1-2H2. The average molecular weight is 297 g/mol. The van der Waals surface area contributed by atoms with Crippen molar-refractivity contribution in [2.75, 3.05) is 0 Å². The highest BCUT2D eigenvalue weighted by molar-refractivity contribution is 5.21. The van der Waals surface area contributed by atoms with Gasteiger partial charge in [0.05, 0.1) is 0 Å². The Labute approximate surface area is 138 Å². The summed E-state index contributed by atoms with van der Waals surface area (Å²) in [6, 6.07) is 0. The van der Waals surface area contributed by atoms with Gasteiger partial charge < -0.3 is 0 Å². The summed E-state index contributed by atoms with van der Waals surface area (Å²) < 4.78 is 0. The van der Waals surface area contributed by atoms with E-state index in [2.05, 4.69) is 73.7 Å². The second-order valence-corrected chi connectivity index (χ2v) is 3.76. The molecule has 0 aromatic heterocycles. The van der Waals surface area contributed by atoms with Crippen molar-refractivity contribution in [3.8, 4) is 0 Å². The minimum Gasteiger partial charge on any atom is -0.106 e. The summed E-state index contributed by atoms with van der Waals surface area (Å²) >= 11 is 0. The van der Waals surface area contributed by atoms with E-state index in [1.807, 2.05) is 27.7 Å². The fourth-order valence-corrected chi connectivity index (χ4v) is 0.302. The van der Waals surface area contributed by atoms with E-state index in [0.717, 1.165) is 24.0 Å². The molecule has 0 atom stereocenters. The van der Waals surface area contributed by atoms with E-state index in [0.29, 0.717) is 0 Å². The lowest BCUT2D eigenvalue weighted by molar-refractivity contribution is 1.09. The fraction of sp³-hybridized carbons (Fsp3) is 0.524. The molecular formula is C21H44. The molecule has 0 aromatic rings. The van der Waals surface area contributed by atoms with Crippen LogP contribution in [0.3, 0.4) is 0 Å². The van der Waals surface area contributed by atoms with Gasteiger partial charge in [-0.1, -0.05) is 77.8 Å². The molecule has 0 heterocycles. The summed E-state index contributed by atoms with van der Waals surface area (Å²) in [6.45, 7) is 39.6. The first kappa shape index (κ1) is 36.7. The van der Waals surface area contributed by atoms with Gasteiger partial charge in [-0.2, -0.15) is 0 Å². The zero-order valence-electron chi connectivity index (χ0n) is 16.6. The summed E-state index contributed by atoms with van der Waals surface area (Å²) in [5.74, 6) is 0. The van der Waals surface area contributed by atoms with E-state index in [4.69, 9.17) is 0 Å². The first-order chi connectivity index (χ1) is 9.87. The van der Waals surface area contributed by atoms with Crippen molar-refractivity contribution in [1.82, 2.24) is 0 Å². The van der Waals surface area contributed by atoms with E-state index in [-0.39, 0.29) is 0 Å². The van der Waals surface area contributed by atoms with E-state index < -0.39 is 0 Å². The minimum absolute atomic E-state index is 1.02. The largest absolute Gasteiger partial charge is 0.106 e. The third-order valence-electron chi connectivity index (χ3n) is 1.63. The van der Waals surface area contributed by atoms with Crippen LogP contribution in [0.15, 0.2) is 62.8 Å². The van der Waals surface area contributed by atoms with Gasteiger partial charge in [0.15, 0.2) is 0 Å². The summed E-state index contributed by atoms with van der Waals surface area (Å²) in [6.07, 6.45) is 3.38. The molecule has 0 radical (unpaired) electrons. The van der Waals surface area contributed by atoms with Gasteiger partial charge >= 0.3 is 0 Å². The third kappa shape index (κ3) is 116. The van der Waals surface area contributed by atoms with Crippen molar-refractivity contribution in [2.45, 2.75) is 74.7 Å². The molecule has 0 heteroatoms. The molecule has 0 N–H and O–H groups in total. The Morgan fingerprint density at radius 3 is 0.857 bits per heavy atom. The van der Waals surface area contributed by atoms with Crippen LogP contribution >= 0.6 is 0 Å². The van der Waals surface area contributed by atoms with Crippen molar-refractivity contribution in [3.63, 3.8) is 0 Å². The maximum absolute atomic E-state index is 3.77. The predicted octanol–water partition coefficient (Wildman–Crippen LogP) is 8.55. The zero-order valence-corrected chi connectivity index (χ0v) is 16.6. The molecule has 0 fully saturated rings. The normalized spacial score (nSPS) is 6.10. The predicted molar refractivity (Wildman–Crippen MR) is 109 cm³/mol. The Bertz CT molecular complexity index is 194. The Kier molecular flexibility index (Phi) is 89.4. The van der Waals surface area contributed by atoms with Gasteiger partial charge in [-0.3, -0.25) is 0 Å². The number of allylic oxidation sites excluding steroid dienone is 3. The molecule has 0 rings (SSSR count). The van der Waals surface area contributed by atoms with Gasteiger partial charge in [0, 0.05) is 0 Å². The van der Waals surface area contributed by atoms with Crippen molar-refractivity contribution in [2.24, 2.45) is 0 Å². The van der Waals surface area contributed by atoms with Crippen LogP contribution in [0.4, 0.5) is 0 Å². The highest BCUT2D eigenvalue weighted by Crippen LogP contribution is 2.05. The average Bonchev–Trinajstić information content (AvgIpc) is 2.53. The molecule has 0 aliphatic carbocycles. The molecular weight excluding hydrogens is 252 g/mol. The Hall–Kier alpha value is -1.30. The van der Waals surface area contributed by atoms with Gasteiger partial charge in [0.2, 0.25) is 0 Å². The molecule has 21 heavy (non-hydrogen) atoms. The molecule has 0 spiro atoms. The highest BCUT2D eigenvalue weighted by atomic mass is 13.9. The Morgan fingerprint density at radius 1 is 0.667 bits per heavy atom. The van der Waals surface area contributed by atoms with Crippen LogP contribution in [0.1, 0.15) is 74.7 Å². The maximum atomic E-state index is 3.77. The smallest absolute Gasteiger partial charge is 0.0311 e. The van der Waals surface area contributed by atoms with Crippen LogP contribution in [-0.4, -0.2) is 0 Å². The first-order valence-electron chi connectivity index (χ1n) is 7.85. The summed E-state index contributed by atoms with van der Waals surface area (Å²) in [5.41, 5.74) is 3.51. The molecule has 0 saturated heterocycles. The van der Waals surface area contributed by atoms with Crippen molar-refractivity contribution in [3.05, 3.63) is 62.8 Å². The van der Waals surface area contributed by atoms with E-state index in [1.54, 1.807) is 0 Å². The van der Waals surface area contributed by atoms with E-state index in [9.17, 15) is 0 Å². The lowest BCUT2D eigenvalue weighted by atomic mass is 10.1. The van der Waals surface area contributed by atoms with Gasteiger partial charge in [-0.05, 0) is 26.7 Å². The highest BCUT2D eigenvalue weighted by Gasteiger charge is 1.85. The lowest BCUT2D eigenvalue weighted by Gasteiger charge is -1.95. The quantitative estimate of drug-likeness (QED) is 0.361. The van der Waals surface area contributed by atoms with Crippen LogP contribution < -0.4 is 0 Å². The van der Waals surface area contributed by atoms with Gasteiger partial charge in [-0.25, -0.2) is 0 Å². The van der Waals surface area contributed by atoms with Crippen LogP contribution in [0.5, 0.6) is 0 Å². The maximum Gasteiger partial charge on any atom is -0.0311 e. The molecule has 0 unspecified atom stereocenters. The molecule has 0 saturated carbocycles. The molecule has 0 aliphatic heterocycles. The Morgan fingerprint density at radius 2 is 0.857 bits per heavy atom. The van der Waals surface area contributed by atoms with Crippen LogP contribution in [0.2, 0.25) is 0 Å². The van der Waals surface area contributed by atoms with Crippen LogP contribution in [0.25, 0.3) is 0 Å². The van der Waals surface area contributed by atoms with Crippen molar-refractivity contribution < 1.29 is 0 Å². The molecule has 0 bridgehead atoms. The molecule has 0 aromatic carbocycles. The summed E-state index contributed by atoms with van der Waals surface area (Å²) in [7, 11) is 0. The monoisotopic (exact) mass is 296 g/mol. The Balaban J connectivity index is -0.0000000355. The van der Waals surface area contributed by atoms with Gasteiger partial charge in [0.25, 0.3) is 0 Å². The van der Waals surface area contributed by atoms with Crippen molar-refractivity contribution in [1.29, 1.82) is 0 Å². The minimum atomic E-state index is 1.02. The molecule has 0 aliphatic rings. The lowest BCUT2D eigenvalue weighted by Crippen LogP contribution is -1.74.